The molecule has 1 amide bonds. The van der Waals surface area contributed by atoms with E-state index in [1.54, 1.807) is 0 Å². The average molecular weight is 273 g/mol. The predicted molar refractivity (Wildman–Crippen MR) is 78.8 cm³/mol. The van der Waals surface area contributed by atoms with Gasteiger partial charge in [0, 0.05) is 30.9 Å². The molecule has 2 fully saturated rings. The zero-order chi connectivity index (χ0) is 14.3. The van der Waals surface area contributed by atoms with Crippen molar-refractivity contribution < 1.29 is 4.79 Å². The fourth-order valence-corrected chi connectivity index (χ4v) is 3.61. The van der Waals surface area contributed by atoms with E-state index in [-0.39, 0.29) is 5.91 Å². The summed E-state index contributed by atoms with van der Waals surface area (Å²) in [6, 6.07) is 5.39. The smallest absolute Gasteiger partial charge is 0.255 e. The number of nitrogens with zero attached hydrogens (tertiary/aromatic N) is 2. The van der Waals surface area contributed by atoms with Gasteiger partial charge >= 0.3 is 0 Å². The minimum absolute atomic E-state index is 0.112. The quantitative estimate of drug-likeness (QED) is 0.897. The molecule has 1 aromatic heterocycles. The molecule has 3 rings (SSSR count). The van der Waals surface area contributed by atoms with Gasteiger partial charge < -0.3 is 10.2 Å². The number of rotatable bonds is 2. The normalized spacial score (nSPS) is 28.4. The summed E-state index contributed by atoms with van der Waals surface area (Å²) in [5.41, 5.74) is 2.53. The molecule has 2 aliphatic heterocycles. The molecule has 1 aromatic rings. The number of nitrogens with one attached hydrogen (secondary N) is 1. The van der Waals surface area contributed by atoms with Crippen molar-refractivity contribution in [3.8, 4) is 0 Å². The number of fused-ring (bicyclic) bond motifs is 2. The number of carbonyl (C=O) groups is 1. The number of amides is 1. The molecule has 2 saturated heterocycles. The van der Waals surface area contributed by atoms with Gasteiger partial charge in [-0.2, -0.15) is 0 Å². The summed E-state index contributed by atoms with van der Waals surface area (Å²) in [7, 11) is 1.94. The first-order valence-electron chi connectivity index (χ1n) is 7.52. The van der Waals surface area contributed by atoms with E-state index in [9.17, 15) is 4.79 Å². The first-order chi connectivity index (χ1) is 9.54. The Morgan fingerprint density at radius 1 is 1.25 bits per heavy atom. The summed E-state index contributed by atoms with van der Waals surface area (Å²) in [6.45, 7) is 3.87. The second-order valence-corrected chi connectivity index (χ2v) is 6.26. The Kier molecular flexibility index (Phi) is 3.50. The molecule has 2 atom stereocenters. The standard InChI is InChI=1S/C16H23N3O/c1-10-4-7-15(11(2)17-10)16(20)19(3)14-8-12-5-6-13(9-14)18-12/h4,7,12-14,18H,5-6,8-9H2,1-3H3. The lowest BCUT2D eigenvalue weighted by Gasteiger charge is -2.35. The maximum atomic E-state index is 12.7. The second kappa shape index (κ2) is 5.17. The molecule has 2 bridgehead atoms. The number of aryl methyl sites for hydroxylation is 2. The molecular weight excluding hydrogens is 250 g/mol. The van der Waals surface area contributed by atoms with Crippen molar-refractivity contribution in [1.82, 2.24) is 15.2 Å². The van der Waals surface area contributed by atoms with Gasteiger partial charge in [0.1, 0.15) is 0 Å². The first-order valence-corrected chi connectivity index (χ1v) is 7.52. The highest BCUT2D eigenvalue weighted by atomic mass is 16.2. The topological polar surface area (TPSA) is 45.2 Å². The molecule has 0 saturated carbocycles. The van der Waals surface area contributed by atoms with Crippen LogP contribution in [-0.2, 0) is 0 Å². The maximum absolute atomic E-state index is 12.7. The minimum Gasteiger partial charge on any atom is -0.339 e. The second-order valence-electron chi connectivity index (χ2n) is 6.26. The Hall–Kier alpha value is -1.42. The molecule has 0 aromatic carbocycles. The van der Waals surface area contributed by atoms with Gasteiger partial charge in [-0.15, -0.1) is 0 Å². The van der Waals surface area contributed by atoms with Gasteiger partial charge in [-0.1, -0.05) is 0 Å². The van der Waals surface area contributed by atoms with E-state index in [0.29, 0.717) is 18.1 Å². The van der Waals surface area contributed by atoms with Gasteiger partial charge in [0.05, 0.1) is 11.3 Å². The Bertz CT molecular complexity index is 516. The number of hydrogen-bond acceptors (Lipinski definition) is 3. The Morgan fingerprint density at radius 3 is 2.50 bits per heavy atom. The molecular formula is C16H23N3O. The molecule has 2 aliphatic rings. The number of pyridine rings is 1. The predicted octanol–water partition coefficient (Wildman–Crippen LogP) is 2.05. The molecule has 2 unspecified atom stereocenters. The third-order valence-corrected chi connectivity index (χ3v) is 4.77. The number of piperidine rings is 1. The lowest BCUT2D eigenvalue weighted by atomic mass is 9.98. The van der Waals surface area contributed by atoms with Crippen molar-refractivity contribution in [3.05, 3.63) is 29.1 Å². The molecule has 0 radical (unpaired) electrons. The van der Waals surface area contributed by atoms with Crippen molar-refractivity contribution in [2.75, 3.05) is 7.05 Å². The van der Waals surface area contributed by atoms with Gasteiger partial charge in [-0.25, -0.2) is 0 Å². The monoisotopic (exact) mass is 273 g/mol. The number of carbonyl (C=O) groups excluding carboxylic acids is 1. The summed E-state index contributed by atoms with van der Waals surface area (Å²) in [5.74, 6) is 0.112. The highest BCUT2D eigenvalue weighted by molar-refractivity contribution is 5.95. The van der Waals surface area contributed by atoms with Crippen LogP contribution >= 0.6 is 0 Å². The van der Waals surface area contributed by atoms with E-state index in [1.165, 1.54) is 12.8 Å². The zero-order valence-corrected chi connectivity index (χ0v) is 12.5. The Morgan fingerprint density at radius 2 is 1.90 bits per heavy atom. The highest BCUT2D eigenvalue weighted by Gasteiger charge is 2.36. The van der Waals surface area contributed by atoms with Crippen molar-refractivity contribution in [3.63, 3.8) is 0 Å². The van der Waals surface area contributed by atoms with Crippen LogP contribution in [0, 0.1) is 13.8 Å². The van der Waals surface area contributed by atoms with E-state index >= 15 is 0 Å². The maximum Gasteiger partial charge on any atom is 0.255 e. The van der Waals surface area contributed by atoms with Gasteiger partial charge in [0.2, 0.25) is 0 Å². The van der Waals surface area contributed by atoms with E-state index < -0.39 is 0 Å². The van der Waals surface area contributed by atoms with E-state index in [0.717, 1.165) is 29.8 Å². The molecule has 108 valence electrons. The van der Waals surface area contributed by atoms with Crippen molar-refractivity contribution in [2.45, 2.75) is 57.7 Å². The van der Waals surface area contributed by atoms with Gasteiger partial charge in [0.15, 0.2) is 0 Å². The van der Waals surface area contributed by atoms with Crippen LogP contribution in [0.15, 0.2) is 12.1 Å². The zero-order valence-electron chi connectivity index (χ0n) is 12.5. The van der Waals surface area contributed by atoms with Crippen LogP contribution in [0.4, 0.5) is 0 Å². The average Bonchev–Trinajstić information content (AvgIpc) is 2.76. The summed E-state index contributed by atoms with van der Waals surface area (Å²) in [4.78, 5) is 19.0. The van der Waals surface area contributed by atoms with Crippen molar-refractivity contribution in [1.29, 1.82) is 0 Å². The summed E-state index contributed by atoms with van der Waals surface area (Å²) in [6.07, 6.45) is 4.68. The molecule has 20 heavy (non-hydrogen) atoms. The van der Waals surface area contributed by atoms with Crippen LogP contribution in [0.3, 0.4) is 0 Å². The number of aromatic nitrogens is 1. The highest BCUT2D eigenvalue weighted by Crippen LogP contribution is 2.30. The first kappa shape index (κ1) is 13.6. The molecule has 4 heteroatoms. The Labute approximate surface area is 120 Å². The fourth-order valence-electron chi connectivity index (χ4n) is 3.61. The van der Waals surface area contributed by atoms with Crippen molar-refractivity contribution in [2.24, 2.45) is 0 Å². The molecule has 1 N–H and O–H groups in total. The Balaban J connectivity index is 1.76. The molecule has 4 nitrogen and oxygen atoms in total. The lowest BCUT2D eigenvalue weighted by Crippen LogP contribution is -2.48. The van der Waals surface area contributed by atoms with Crippen LogP contribution < -0.4 is 5.32 Å². The van der Waals surface area contributed by atoms with Crippen LogP contribution in [0.1, 0.15) is 47.4 Å². The van der Waals surface area contributed by atoms with Crippen LogP contribution in [0.5, 0.6) is 0 Å². The van der Waals surface area contributed by atoms with E-state index in [2.05, 4.69) is 10.3 Å². The van der Waals surface area contributed by atoms with Gasteiger partial charge in [-0.05, 0) is 51.7 Å². The fraction of sp³-hybridized carbons (Fsp3) is 0.625. The largest absolute Gasteiger partial charge is 0.339 e. The molecule has 3 heterocycles. The molecule has 0 aliphatic carbocycles. The summed E-state index contributed by atoms with van der Waals surface area (Å²) < 4.78 is 0. The van der Waals surface area contributed by atoms with Crippen LogP contribution in [0.25, 0.3) is 0 Å². The summed E-state index contributed by atoms with van der Waals surface area (Å²) in [5, 5.41) is 3.62. The third kappa shape index (κ3) is 2.44. The van der Waals surface area contributed by atoms with Crippen LogP contribution in [-0.4, -0.2) is 41.0 Å². The minimum atomic E-state index is 0.112. The van der Waals surface area contributed by atoms with Crippen molar-refractivity contribution >= 4 is 5.91 Å². The van der Waals surface area contributed by atoms with E-state index in [1.807, 2.05) is 37.9 Å². The van der Waals surface area contributed by atoms with Gasteiger partial charge in [-0.3, -0.25) is 9.78 Å². The van der Waals surface area contributed by atoms with Crippen LogP contribution in [0.2, 0.25) is 0 Å². The third-order valence-electron chi connectivity index (χ3n) is 4.77. The van der Waals surface area contributed by atoms with E-state index in [4.69, 9.17) is 0 Å². The van der Waals surface area contributed by atoms with Gasteiger partial charge in [0.25, 0.3) is 5.91 Å². The molecule has 0 spiro atoms. The lowest BCUT2D eigenvalue weighted by molar-refractivity contribution is 0.0680. The summed E-state index contributed by atoms with van der Waals surface area (Å²) >= 11 is 0. The SMILES string of the molecule is Cc1ccc(C(=O)N(C)C2CC3CCC(C2)N3)c(C)n1. The number of hydrogen-bond donors (Lipinski definition) is 1.